The van der Waals surface area contributed by atoms with E-state index in [0.717, 1.165) is 12.8 Å². The smallest absolute Gasteiger partial charge is 0.0734 e. The normalized spacial score (nSPS) is 11.2. The molecule has 1 aromatic heterocycles. The zero-order valence-electron chi connectivity index (χ0n) is 13.2. The number of benzene rings is 1. The second kappa shape index (κ2) is 7.42. The number of nitrogens with zero attached hydrogens (tertiary/aromatic N) is 1. The van der Waals surface area contributed by atoms with Crippen LogP contribution in [-0.4, -0.2) is 4.98 Å². The Balaban J connectivity index is 2.43. The zero-order valence-corrected chi connectivity index (χ0v) is 13.2. The summed E-state index contributed by atoms with van der Waals surface area (Å²) in [7, 11) is 0. The van der Waals surface area contributed by atoms with Crippen molar-refractivity contribution < 1.29 is 0 Å². The van der Waals surface area contributed by atoms with E-state index in [2.05, 4.69) is 45.2 Å². The first-order valence-electron chi connectivity index (χ1n) is 8.18. The van der Waals surface area contributed by atoms with Gasteiger partial charge in [-0.25, -0.2) is 0 Å². The van der Waals surface area contributed by atoms with E-state index in [9.17, 15) is 0 Å². The molecule has 0 aliphatic carbocycles. The third-order valence-corrected chi connectivity index (χ3v) is 3.86. The van der Waals surface area contributed by atoms with Gasteiger partial charge in [0.15, 0.2) is 0 Å². The highest BCUT2D eigenvalue weighted by atomic mass is 14.7. The molecule has 0 radical (unpaired) electrons. The molecule has 0 saturated carbocycles. The van der Waals surface area contributed by atoms with Gasteiger partial charge in [-0.3, -0.25) is 4.98 Å². The van der Waals surface area contributed by atoms with Gasteiger partial charge in [0.1, 0.15) is 0 Å². The SMILES string of the molecule is CCCCc1cnc2c(CCC)cc(CCC)cc2c1. The van der Waals surface area contributed by atoms with E-state index in [1.165, 1.54) is 59.7 Å². The number of aryl methyl sites for hydroxylation is 3. The quantitative estimate of drug-likeness (QED) is 0.648. The number of hydrogen-bond acceptors (Lipinski definition) is 1. The molecule has 0 saturated heterocycles. The summed E-state index contributed by atoms with van der Waals surface area (Å²) in [6.45, 7) is 6.74. The molecule has 0 N–H and O–H groups in total. The van der Waals surface area contributed by atoms with Crippen molar-refractivity contribution in [2.24, 2.45) is 0 Å². The first-order chi connectivity index (χ1) is 9.78. The molecule has 1 heteroatoms. The molecule has 0 atom stereocenters. The van der Waals surface area contributed by atoms with Crippen molar-refractivity contribution in [3.8, 4) is 0 Å². The Labute approximate surface area is 123 Å². The fourth-order valence-electron chi connectivity index (χ4n) is 2.85. The largest absolute Gasteiger partial charge is 0.256 e. The van der Waals surface area contributed by atoms with Gasteiger partial charge in [-0.15, -0.1) is 0 Å². The van der Waals surface area contributed by atoms with Crippen LogP contribution < -0.4 is 0 Å². The third-order valence-electron chi connectivity index (χ3n) is 3.86. The minimum Gasteiger partial charge on any atom is -0.256 e. The van der Waals surface area contributed by atoms with Gasteiger partial charge in [-0.2, -0.15) is 0 Å². The highest BCUT2D eigenvalue weighted by Gasteiger charge is 2.06. The summed E-state index contributed by atoms with van der Waals surface area (Å²) in [5, 5.41) is 1.34. The van der Waals surface area contributed by atoms with Crippen LogP contribution in [-0.2, 0) is 19.3 Å². The molecule has 1 aromatic carbocycles. The molecule has 0 fully saturated rings. The second-order valence-electron chi connectivity index (χ2n) is 5.77. The van der Waals surface area contributed by atoms with E-state index >= 15 is 0 Å². The summed E-state index contributed by atoms with van der Waals surface area (Å²) in [5.41, 5.74) is 5.50. The van der Waals surface area contributed by atoms with Crippen LogP contribution in [0.3, 0.4) is 0 Å². The molecule has 20 heavy (non-hydrogen) atoms. The van der Waals surface area contributed by atoms with E-state index in [0.29, 0.717) is 0 Å². The Morgan fingerprint density at radius 3 is 2.25 bits per heavy atom. The monoisotopic (exact) mass is 269 g/mol. The van der Waals surface area contributed by atoms with Gasteiger partial charge in [0.05, 0.1) is 5.52 Å². The Morgan fingerprint density at radius 1 is 0.800 bits per heavy atom. The minimum absolute atomic E-state index is 1.13. The maximum atomic E-state index is 4.75. The van der Waals surface area contributed by atoms with Crippen LogP contribution in [0.4, 0.5) is 0 Å². The lowest BCUT2D eigenvalue weighted by Crippen LogP contribution is -1.95. The van der Waals surface area contributed by atoms with Crippen LogP contribution in [0.2, 0.25) is 0 Å². The summed E-state index contributed by atoms with van der Waals surface area (Å²) in [6.07, 6.45) is 10.4. The molecule has 1 heterocycles. The number of rotatable bonds is 7. The van der Waals surface area contributed by atoms with Crippen molar-refractivity contribution in [2.75, 3.05) is 0 Å². The predicted molar refractivity (Wildman–Crippen MR) is 88.3 cm³/mol. The molecule has 0 aliphatic rings. The highest BCUT2D eigenvalue weighted by Crippen LogP contribution is 2.23. The van der Waals surface area contributed by atoms with Crippen LogP contribution in [0.1, 0.15) is 63.1 Å². The first kappa shape index (κ1) is 15.0. The Morgan fingerprint density at radius 2 is 1.55 bits per heavy atom. The summed E-state index contributed by atoms with van der Waals surface area (Å²) in [5.74, 6) is 0. The van der Waals surface area contributed by atoms with Crippen LogP contribution in [0.15, 0.2) is 24.4 Å². The average molecular weight is 269 g/mol. The number of unbranched alkanes of at least 4 members (excludes halogenated alkanes) is 1. The fourth-order valence-corrected chi connectivity index (χ4v) is 2.85. The topological polar surface area (TPSA) is 12.9 Å². The van der Waals surface area contributed by atoms with E-state index < -0.39 is 0 Å². The number of pyridine rings is 1. The van der Waals surface area contributed by atoms with E-state index in [1.807, 2.05) is 0 Å². The summed E-state index contributed by atoms with van der Waals surface area (Å²) < 4.78 is 0. The zero-order chi connectivity index (χ0) is 14.4. The predicted octanol–water partition coefficient (Wildman–Crippen LogP) is 5.48. The van der Waals surface area contributed by atoms with E-state index in [4.69, 9.17) is 4.98 Å². The Hall–Kier alpha value is -1.37. The van der Waals surface area contributed by atoms with E-state index in [-0.39, 0.29) is 0 Å². The van der Waals surface area contributed by atoms with Crippen molar-refractivity contribution >= 4 is 10.9 Å². The van der Waals surface area contributed by atoms with Gasteiger partial charge in [-0.05, 0) is 54.5 Å². The van der Waals surface area contributed by atoms with Gasteiger partial charge >= 0.3 is 0 Å². The molecule has 0 amide bonds. The second-order valence-corrected chi connectivity index (χ2v) is 5.77. The molecule has 0 spiro atoms. The van der Waals surface area contributed by atoms with Gasteiger partial charge in [0.2, 0.25) is 0 Å². The molecule has 0 unspecified atom stereocenters. The van der Waals surface area contributed by atoms with Gasteiger partial charge in [-0.1, -0.05) is 46.1 Å². The first-order valence-corrected chi connectivity index (χ1v) is 8.18. The third kappa shape index (κ3) is 3.59. The van der Waals surface area contributed by atoms with Crippen molar-refractivity contribution in [2.45, 2.75) is 65.7 Å². The average Bonchev–Trinajstić information content (AvgIpc) is 2.45. The van der Waals surface area contributed by atoms with Gasteiger partial charge in [0.25, 0.3) is 0 Å². The molecule has 1 nitrogen and oxygen atoms in total. The van der Waals surface area contributed by atoms with Crippen molar-refractivity contribution in [3.63, 3.8) is 0 Å². The fraction of sp³-hybridized carbons (Fsp3) is 0.526. The lowest BCUT2D eigenvalue weighted by atomic mass is 9.98. The number of hydrogen-bond donors (Lipinski definition) is 0. The minimum atomic E-state index is 1.13. The molecule has 2 aromatic rings. The molecule has 108 valence electrons. The highest BCUT2D eigenvalue weighted by molar-refractivity contribution is 5.83. The molecular formula is C19H27N. The number of aromatic nitrogens is 1. The van der Waals surface area contributed by atoms with E-state index in [1.54, 1.807) is 0 Å². The molecule has 2 rings (SSSR count). The maximum Gasteiger partial charge on any atom is 0.0734 e. The molecule has 0 bridgehead atoms. The lowest BCUT2D eigenvalue weighted by molar-refractivity contribution is 0.793. The summed E-state index contributed by atoms with van der Waals surface area (Å²) in [4.78, 5) is 4.75. The Kier molecular flexibility index (Phi) is 5.58. The maximum absolute atomic E-state index is 4.75. The van der Waals surface area contributed by atoms with Crippen molar-refractivity contribution in [1.82, 2.24) is 4.98 Å². The summed E-state index contributed by atoms with van der Waals surface area (Å²) in [6, 6.07) is 7.07. The molecular weight excluding hydrogens is 242 g/mol. The van der Waals surface area contributed by atoms with Crippen LogP contribution in [0.25, 0.3) is 10.9 Å². The van der Waals surface area contributed by atoms with Crippen LogP contribution in [0, 0.1) is 0 Å². The van der Waals surface area contributed by atoms with Crippen molar-refractivity contribution in [1.29, 1.82) is 0 Å². The van der Waals surface area contributed by atoms with Crippen molar-refractivity contribution in [3.05, 3.63) is 41.1 Å². The van der Waals surface area contributed by atoms with Gasteiger partial charge < -0.3 is 0 Å². The van der Waals surface area contributed by atoms with Crippen LogP contribution in [0.5, 0.6) is 0 Å². The van der Waals surface area contributed by atoms with Gasteiger partial charge in [0, 0.05) is 11.6 Å². The molecule has 0 aliphatic heterocycles. The lowest BCUT2D eigenvalue weighted by Gasteiger charge is -2.10. The number of fused-ring (bicyclic) bond motifs is 1. The Bertz CT molecular complexity index is 557. The summed E-state index contributed by atoms with van der Waals surface area (Å²) >= 11 is 0. The van der Waals surface area contributed by atoms with Crippen LogP contribution >= 0.6 is 0 Å². The standard InChI is InChI=1S/C19H27N/c1-4-7-10-16-13-18-12-15(8-5-2)11-17(9-6-3)19(18)20-14-16/h11-14H,4-10H2,1-3H3.